The van der Waals surface area contributed by atoms with Crippen molar-refractivity contribution in [2.24, 2.45) is 7.05 Å². The average Bonchev–Trinajstić information content (AvgIpc) is 3.62. The quantitative estimate of drug-likeness (QED) is 0.173. The fraction of sp³-hybridized carbons (Fsp3) is 0.250. The number of aryl methyl sites for hydroxylation is 1. The molecule has 3 aromatic carbocycles. The number of benzene rings is 3. The maximum atomic E-state index is 14.9. The van der Waals surface area contributed by atoms with Crippen molar-refractivity contribution in [2.75, 3.05) is 38.4 Å². The molecule has 0 radical (unpaired) electrons. The van der Waals surface area contributed by atoms with E-state index in [9.17, 15) is 9.18 Å². The molecule has 0 aliphatic carbocycles. The van der Waals surface area contributed by atoms with Crippen LogP contribution in [0.1, 0.15) is 12.8 Å². The minimum atomic E-state index is -0.870. The summed E-state index contributed by atoms with van der Waals surface area (Å²) in [5.74, 6) is 0.368. The van der Waals surface area contributed by atoms with Crippen LogP contribution in [0.2, 0.25) is 5.02 Å². The van der Waals surface area contributed by atoms with Crippen LogP contribution in [0.4, 0.5) is 21.6 Å². The molecule has 0 saturated carbocycles. The number of likely N-dealkylation sites (N-methyl/N-ethyl adjacent to an activating group) is 1. The predicted molar refractivity (Wildman–Crippen MR) is 172 cm³/mol. The molecule has 13 heteroatoms. The molecule has 0 unspecified atom stereocenters. The van der Waals surface area contributed by atoms with Gasteiger partial charge in [0.25, 0.3) is 5.91 Å². The van der Waals surface area contributed by atoms with Gasteiger partial charge < -0.3 is 29.4 Å². The molecule has 11 nitrogen and oxygen atoms in total. The highest BCUT2D eigenvalue weighted by Gasteiger charge is 2.22. The fourth-order valence-electron chi connectivity index (χ4n) is 5.34. The number of anilines is 3. The average molecular weight is 632 g/mol. The third kappa shape index (κ3) is 6.19. The summed E-state index contributed by atoms with van der Waals surface area (Å²) in [5.41, 5.74) is 3.06. The lowest BCUT2D eigenvalue weighted by Gasteiger charge is -2.17. The van der Waals surface area contributed by atoms with Gasteiger partial charge in [-0.25, -0.2) is 19.3 Å². The van der Waals surface area contributed by atoms with Crippen molar-refractivity contribution < 1.29 is 23.4 Å². The van der Waals surface area contributed by atoms with E-state index in [4.69, 9.17) is 25.8 Å². The summed E-state index contributed by atoms with van der Waals surface area (Å²) in [7, 11) is 6.82. The lowest BCUT2D eigenvalue weighted by atomic mass is 10.1. The zero-order valence-corrected chi connectivity index (χ0v) is 25.9. The number of carbonyl (C=O) groups is 1. The lowest BCUT2D eigenvalue weighted by molar-refractivity contribution is -0.114. The normalized spacial score (nSPS) is 15.4. The van der Waals surface area contributed by atoms with Gasteiger partial charge in [0.05, 0.1) is 53.5 Å². The molecule has 1 aliphatic heterocycles. The minimum Gasteiger partial charge on any atom is -0.494 e. The number of fused-ring (bicyclic) bond motifs is 2. The number of carbonyl (C=O) groups excluding carboxylic acids is 1. The van der Waals surface area contributed by atoms with Gasteiger partial charge in [0.1, 0.15) is 35.1 Å². The summed E-state index contributed by atoms with van der Waals surface area (Å²) in [6.45, 7) is 0.859. The van der Waals surface area contributed by atoms with Gasteiger partial charge in [-0.3, -0.25) is 9.69 Å². The van der Waals surface area contributed by atoms with Crippen molar-refractivity contribution in [2.45, 2.75) is 18.9 Å². The van der Waals surface area contributed by atoms with Gasteiger partial charge in [0.2, 0.25) is 0 Å². The summed E-state index contributed by atoms with van der Waals surface area (Å²) in [6, 6.07) is 12.1. The third-order valence-electron chi connectivity index (χ3n) is 7.77. The summed E-state index contributed by atoms with van der Waals surface area (Å²) < 4.78 is 34.0. The Kier molecular flexibility index (Phi) is 8.42. The molecule has 0 bridgehead atoms. The standard InChI is InChI=1S/C32H31ClFN7O4/c1-40-9-5-6-18(40)10-22(34)32(42)39-25-12-20-23(14-29(25)43-3)35-16-36-31(20)38-26-13-21(33)28(15-30(26)44-4)45-19-7-8-27-24(11-19)37-17-41(27)2/h7-8,10-18H,5-6,9H2,1-4H3,(H,39,42)(H,35,36,38)/b22-10+/t18-/m1/s1. The Morgan fingerprint density at radius 1 is 1.00 bits per heavy atom. The van der Waals surface area contributed by atoms with Crippen LogP contribution < -0.4 is 24.8 Å². The Morgan fingerprint density at radius 2 is 1.80 bits per heavy atom. The lowest BCUT2D eigenvalue weighted by Crippen LogP contribution is -2.24. The first-order chi connectivity index (χ1) is 21.7. The van der Waals surface area contributed by atoms with E-state index in [1.54, 1.807) is 30.6 Å². The van der Waals surface area contributed by atoms with Crippen LogP contribution in [0.3, 0.4) is 0 Å². The first-order valence-electron chi connectivity index (χ1n) is 14.2. The Labute approximate surface area is 263 Å². The SMILES string of the molecule is COc1cc2ncnc(Nc3cc(Cl)c(Oc4ccc5c(c4)ncn5C)cc3OC)c2cc1NC(=O)/C(F)=C\[C@H]1CCCN1C. The highest BCUT2D eigenvalue weighted by atomic mass is 35.5. The van der Waals surface area contributed by atoms with Crippen molar-refractivity contribution >= 4 is 56.6 Å². The number of aromatic nitrogens is 4. The van der Waals surface area contributed by atoms with Crippen molar-refractivity contribution in [3.63, 3.8) is 0 Å². The van der Waals surface area contributed by atoms with Crippen molar-refractivity contribution in [3.05, 3.63) is 72.0 Å². The Morgan fingerprint density at radius 3 is 2.56 bits per heavy atom. The monoisotopic (exact) mass is 631 g/mol. The number of hydrogen-bond acceptors (Lipinski definition) is 9. The second-order valence-corrected chi connectivity index (χ2v) is 11.1. The molecule has 2 N–H and O–H groups in total. The maximum Gasteiger partial charge on any atom is 0.284 e. The van der Waals surface area contributed by atoms with E-state index >= 15 is 0 Å². The molecule has 1 atom stereocenters. The van der Waals surface area contributed by atoms with Crippen molar-refractivity contribution in [1.29, 1.82) is 0 Å². The van der Waals surface area contributed by atoms with E-state index in [1.165, 1.54) is 26.6 Å². The Hall–Kier alpha value is -4.94. The highest BCUT2D eigenvalue weighted by molar-refractivity contribution is 6.32. The molecule has 45 heavy (non-hydrogen) atoms. The Bertz CT molecular complexity index is 1950. The van der Waals surface area contributed by atoms with E-state index in [0.717, 1.165) is 30.4 Å². The van der Waals surface area contributed by atoms with Gasteiger partial charge in [-0.1, -0.05) is 11.6 Å². The van der Waals surface area contributed by atoms with Crippen LogP contribution in [0.5, 0.6) is 23.0 Å². The van der Waals surface area contributed by atoms with Gasteiger partial charge in [0, 0.05) is 36.7 Å². The van der Waals surface area contributed by atoms with Crippen molar-refractivity contribution in [3.8, 4) is 23.0 Å². The van der Waals surface area contributed by atoms with Gasteiger partial charge in [-0.2, -0.15) is 0 Å². The summed E-state index contributed by atoms with van der Waals surface area (Å²) in [5, 5.41) is 6.74. The fourth-order valence-corrected chi connectivity index (χ4v) is 5.54. The molecule has 232 valence electrons. The Balaban J connectivity index is 1.28. The molecule has 0 spiro atoms. The zero-order chi connectivity index (χ0) is 31.7. The van der Waals surface area contributed by atoms with Crippen LogP contribution in [0.25, 0.3) is 21.9 Å². The first kappa shape index (κ1) is 30.1. The van der Waals surface area contributed by atoms with E-state index in [-0.39, 0.29) is 11.7 Å². The summed E-state index contributed by atoms with van der Waals surface area (Å²) in [4.78, 5) is 28.0. The molecule has 5 aromatic rings. The molecule has 1 amide bonds. The van der Waals surface area contributed by atoms with E-state index in [0.29, 0.717) is 50.4 Å². The van der Waals surface area contributed by atoms with E-state index < -0.39 is 11.7 Å². The molecule has 1 saturated heterocycles. The molecule has 1 fully saturated rings. The highest BCUT2D eigenvalue weighted by Crippen LogP contribution is 2.41. The van der Waals surface area contributed by atoms with Crippen LogP contribution in [0, 0.1) is 0 Å². The number of nitrogens with one attached hydrogen (secondary N) is 2. The van der Waals surface area contributed by atoms with Gasteiger partial charge in [-0.15, -0.1) is 0 Å². The molecular weight excluding hydrogens is 601 g/mol. The van der Waals surface area contributed by atoms with Crippen LogP contribution in [-0.2, 0) is 11.8 Å². The number of methoxy groups -OCH3 is 2. The molecular formula is C32H31ClFN7O4. The predicted octanol–water partition coefficient (Wildman–Crippen LogP) is 6.61. The third-order valence-corrected chi connectivity index (χ3v) is 8.06. The number of imidazole rings is 1. The number of nitrogens with zero attached hydrogens (tertiary/aromatic N) is 5. The van der Waals surface area contributed by atoms with Gasteiger partial charge >= 0.3 is 0 Å². The first-order valence-corrected chi connectivity index (χ1v) is 14.6. The molecule has 6 rings (SSSR count). The number of likely N-dealkylation sites (tertiary alicyclic amines) is 1. The molecule has 2 aromatic heterocycles. The largest absolute Gasteiger partial charge is 0.494 e. The topological polar surface area (TPSA) is 116 Å². The van der Waals surface area contributed by atoms with Crippen LogP contribution >= 0.6 is 11.6 Å². The number of amides is 1. The second kappa shape index (κ2) is 12.6. The number of halogens is 2. The summed E-state index contributed by atoms with van der Waals surface area (Å²) in [6.07, 6.45) is 6.23. The van der Waals surface area contributed by atoms with Crippen molar-refractivity contribution in [1.82, 2.24) is 24.4 Å². The minimum absolute atomic E-state index is 0.123. The number of ether oxygens (including phenoxy) is 3. The number of rotatable bonds is 9. The molecule has 1 aliphatic rings. The summed E-state index contributed by atoms with van der Waals surface area (Å²) >= 11 is 6.66. The zero-order valence-electron chi connectivity index (χ0n) is 25.1. The van der Waals surface area contributed by atoms with Gasteiger partial charge in [0.15, 0.2) is 5.83 Å². The maximum absolute atomic E-state index is 14.9. The molecule has 3 heterocycles. The smallest absolute Gasteiger partial charge is 0.284 e. The van der Waals surface area contributed by atoms with E-state index in [1.807, 2.05) is 41.8 Å². The van der Waals surface area contributed by atoms with E-state index in [2.05, 4.69) is 25.6 Å². The van der Waals surface area contributed by atoms with Crippen LogP contribution in [-0.4, -0.2) is 64.2 Å². The second-order valence-electron chi connectivity index (χ2n) is 10.7. The van der Waals surface area contributed by atoms with Crippen LogP contribution in [0.15, 0.2) is 67.0 Å². The number of hydrogen-bond donors (Lipinski definition) is 2. The van der Waals surface area contributed by atoms with Gasteiger partial charge in [-0.05, 0) is 56.8 Å².